The van der Waals surface area contributed by atoms with Gasteiger partial charge in [-0.25, -0.2) is 0 Å². The van der Waals surface area contributed by atoms with Gasteiger partial charge in [-0.2, -0.15) is 0 Å². The van der Waals surface area contributed by atoms with E-state index in [1.165, 1.54) is 0 Å². The van der Waals surface area contributed by atoms with Crippen molar-refractivity contribution >= 4 is 5.91 Å². The third kappa shape index (κ3) is 3.36. The molecule has 3 heteroatoms. The molecule has 1 aromatic rings. The summed E-state index contributed by atoms with van der Waals surface area (Å²) in [5, 5.41) is 12.7. The van der Waals surface area contributed by atoms with Gasteiger partial charge in [-0.3, -0.25) is 4.79 Å². The maximum Gasteiger partial charge on any atom is 0.220 e. The Bertz CT molecular complexity index is 311. The lowest BCUT2D eigenvalue weighted by molar-refractivity contribution is -0.122. The smallest absolute Gasteiger partial charge is 0.220 e. The molecule has 2 N–H and O–H groups in total. The van der Waals surface area contributed by atoms with Gasteiger partial charge in [0.05, 0.1) is 12.1 Å². The van der Waals surface area contributed by atoms with Gasteiger partial charge >= 0.3 is 0 Å². The van der Waals surface area contributed by atoms with E-state index in [0.29, 0.717) is 6.42 Å². The van der Waals surface area contributed by atoms with Crippen molar-refractivity contribution in [3.63, 3.8) is 0 Å². The van der Waals surface area contributed by atoms with Crippen LogP contribution in [-0.2, 0) is 4.79 Å². The molecular formula is C12H17NO2. The van der Waals surface area contributed by atoms with Crippen LogP contribution in [0.4, 0.5) is 0 Å². The average Bonchev–Trinajstić information content (AvgIpc) is 2.29. The first-order valence-electron chi connectivity index (χ1n) is 5.17. The molecule has 1 unspecified atom stereocenters. The largest absolute Gasteiger partial charge is 0.386 e. The molecule has 0 aromatic heterocycles. The molecular weight excluding hydrogens is 190 g/mol. The van der Waals surface area contributed by atoms with Crippen LogP contribution in [0, 0.1) is 0 Å². The fourth-order valence-corrected chi connectivity index (χ4v) is 1.37. The van der Waals surface area contributed by atoms with Gasteiger partial charge in [0.2, 0.25) is 5.91 Å². The number of aliphatic hydroxyl groups is 1. The van der Waals surface area contributed by atoms with Crippen LogP contribution in [0.3, 0.4) is 0 Å². The number of carbonyl (C=O) groups excluding carboxylic acids is 1. The van der Waals surface area contributed by atoms with Crippen molar-refractivity contribution in [2.24, 2.45) is 0 Å². The second-order valence-electron chi connectivity index (χ2n) is 3.57. The van der Waals surface area contributed by atoms with Crippen LogP contribution in [0.25, 0.3) is 0 Å². The molecule has 0 bridgehead atoms. The predicted molar refractivity (Wildman–Crippen MR) is 59.3 cm³/mol. The first kappa shape index (κ1) is 11.7. The van der Waals surface area contributed by atoms with E-state index in [-0.39, 0.29) is 11.9 Å². The van der Waals surface area contributed by atoms with E-state index in [2.05, 4.69) is 5.32 Å². The van der Waals surface area contributed by atoms with Crippen LogP contribution in [0.2, 0.25) is 0 Å². The zero-order valence-corrected chi connectivity index (χ0v) is 9.10. The molecule has 1 rings (SSSR count). The Morgan fingerprint density at radius 1 is 1.40 bits per heavy atom. The molecule has 0 aliphatic carbocycles. The number of hydrogen-bond donors (Lipinski definition) is 2. The van der Waals surface area contributed by atoms with Crippen LogP contribution >= 0.6 is 0 Å². The first-order valence-corrected chi connectivity index (χ1v) is 5.17. The molecule has 0 saturated carbocycles. The number of benzene rings is 1. The second-order valence-corrected chi connectivity index (χ2v) is 3.57. The van der Waals surface area contributed by atoms with Crippen molar-refractivity contribution in [3.05, 3.63) is 35.9 Å². The van der Waals surface area contributed by atoms with Gasteiger partial charge in [0.1, 0.15) is 0 Å². The molecule has 2 atom stereocenters. The van der Waals surface area contributed by atoms with Crippen molar-refractivity contribution in [1.29, 1.82) is 0 Å². The number of aliphatic hydroxyl groups excluding tert-OH is 1. The molecule has 1 amide bonds. The number of hydrogen-bond acceptors (Lipinski definition) is 2. The van der Waals surface area contributed by atoms with E-state index >= 15 is 0 Å². The molecule has 0 spiro atoms. The summed E-state index contributed by atoms with van der Waals surface area (Å²) in [5.74, 6) is -0.0440. The Kier molecular flexibility index (Phi) is 4.31. The summed E-state index contributed by atoms with van der Waals surface area (Å²) in [6.45, 7) is 3.59. The molecule has 0 aliphatic heterocycles. The zero-order chi connectivity index (χ0) is 11.3. The monoisotopic (exact) mass is 207 g/mol. The summed E-state index contributed by atoms with van der Waals surface area (Å²) >= 11 is 0. The highest BCUT2D eigenvalue weighted by Gasteiger charge is 2.16. The Morgan fingerprint density at radius 3 is 2.53 bits per heavy atom. The van der Waals surface area contributed by atoms with Crippen LogP contribution in [0.1, 0.15) is 31.9 Å². The quantitative estimate of drug-likeness (QED) is 0.788. The number of nitrogens with one attached hydrogen (secondary N) is 1. The van der Waals surface area contributed by atoms with Crippen molar-refractivity contribution in [3.8, 4) is 0 Å². The third-order valence-corrected chi connectivity index (χ3v) is 2.32. The van der Waals surface area contributed by atoms with Crippen LogP contribution in [-0.4, -0.2) is 17.1 Å². The summed E-state index contributed by atoms with van der Waals surface area (Å²) in [4.78, 5) is 11.1. The number of carbonyl (C=O) groups is 1. The Labute approximate surface area is 90.1 Å². The zero-order valence-electron chi connectivity index (χ0n) is 9.10. The van der Waals surface area contributed by atoms with Gasteiger partial charge in [0.15, 0.2) is 0 Å². The van der Waals surface area contributed by atoms with E-state index in [1.54, 1.807) is 13.8 Å². The molecule has 15 heavy (non-hydrogen) atoms. The normalized spacial score (nSPS) is 14.3. The lowest BCUT2D eigenvalue weighted by Crippen LogP contribution is -2.36. The van der Waals surface area contributed by atoms with Crippen LogP contribution in [0.15, 0.2) is 30.3 Å². The Hall–Kier alpha value is -1.35. The van der Waals surface area contributed by atoms with Crippen molar-refractivity contribution in [1.82, 2.24) is 5.32 Å². The highest BCUT2D eigenvalue weighted by molar-refractivity contribution is 5.75. The standard InChI is InChI=1S/C12H17NO2/c1-3-11(14)13-9(2)12(15)10-7-5-4-6-8-10/h4-9,12,15H,3H2,1-2H3,(H,13,14)/t9-,12?/m0/s1. The minimum atomic E-state index is -0.651. The molecule has 82 valence electrons. The average molecular weight is 207 g/mol. The predicted octanol–water partition coefficient (Wildman–Crippen LogP) is 1.63. The van der Waals surface area contributed by atoms with E-state index in [4.69, 9.17) is 0 Å². The van der Waals surface area contributed by atoms with E-state index in [0.717, 1.165) is 5.56 Å². The minimum absolute atomic E-state index is 0.0440. The SMILES string of the molecule is CCC(=O)N[C@@H](C)C(O)c1ccccc1. The van der Waals surface area contributed by atoms with E-state index in [9.17, 15) is 9.90 Å². The van der Waals surface area contributed by atoms with Crippen LogP contribution in [0.5, 0.6) is 0 Å². The van der Waals surface area contributed by atoms with E-state index < -0.39 is 6.10 Å². The first-order chi connectivity index (χ1) is 7.15. The fourth-order valence-electron chi connectivity index (χ4n) is 1.37. The fraction of sp³-hybridized carbons (Fsp3) is 0.417. The lowest BCUT2D eigenvalue weighted by Gasteiger charge is -2.20. The van der Waals surface area contributed by atoms with Gasteiger partial charge in [-0.15, -0.1) is 0 Å². The number of amides is 1. The Balaban J connectivity index is 2.61. The summed E-state index contributed by atoms with van der Waals surface area (Å²) in [5.41, 5.74) is 0.821. The van der Waals surface area contributed by atoms with Crippen molar-refractivity contribution < 1.29 is 9.90 Å². The van der Waals surface area contributed by atoms with Gasteiger partial charge in [-0.1, -0.05) is 37.3 Å². The second kappa shape index (κ2) is 5.51. The molecule has 0 aliphatic rings. The van der Waals surface area contributed by atoms with Gasteiger partial charge in [0.25, 0.3) is 0 Å². The Morgan fingerprint density at radius 2 is 2.00 bits per heavy atom. The summed E-state index contributed by atoms with van der Waals surface area (Å²) < 4.78 is 0. The third-order valence-electron chi connectivity index (χ3n) is 2.32. The topological polar surface area (TPSA) is 49.3 Å². The minimum Gasteiger partial charge on any atom is -0.386 e. The molecule has 0 saturated heterocycles. The summed E-state index contributed by atoms with van der Waals surface area (Å²) in [6, 6.07) is 9.06. The highest BCUT2D eigenvalue weighted by atomic mass is 16.3. The van der Waals surface area contributed by atoms with Crippen molar-refractivity contribution in [2.45, 2.75) is 32.4 Å². The molecule has 0 heterocycles. The lowest BCUT2D eigenvalue weighted by atomic mass is 10.0. The van der Waals surface area contributed by atoms with Gasteiger partial charge in [0, 0.05) is 6.42 Å². The molecule has 0 radical (unpaired) electrons. The maximum absolute atomic E-state index is 11.1. The molecule has 1 aromatic carbocycles. The maximum atomic E-state index is 11.1. The van der Waals surface area contributed by atoms with E-state index in [1.807, 2.05) is 30.3 Å². The van der Waals surface area contributed by atoms with Crippen LogP contribution < -0.4 is 5.32 Å². The highest BCUT2D eigenvalue weighted by Crippen LogP contribution is 2.15. The molecule has 0 fully saturated rings. The van der Waals surface area contributed by atoms with Gasteiger partial charge < -0.3 is 10.4 Å². The van der Waals surface area contributed by atoms with Gasteiger partial charge in [-0.05, 0) is 12.5 Å². The molecule has 3 nitrogen and oxygen atoms in total. The van der Waals surface area contributed by atoms with Crippen molar-refractivity contribution in [2.75, 3.05) is 0 Å². The summed E-state index contributed by atoms with van der Waals surface area (Å²) in [7, 11) is 0. The summed E-state index contributed by atoms with van der Waals surface area (Å²) in [6.07, 6.45) is -0.215. The number of rotatable bonds is 4.